The summed E-state index contributed by atoms with van der Waals surface area (Å²) in [6.45, 7) is 0.742. The monoisotopic (exact) mass is 381 g/mol. The molecular weight excluding hydrogens is 369 g/mol. The van der Waals surface area contributed by atoms with E-state index in [9.17, 15) is 0 Å². The zero-order valence-electron chi connectivity index (χ0n) is 12.4. The summed E-state index contributed by atoms with van der Waals surface area (Å²) >= 11 is 16.6. The van der Waals surface area contributed by atoms with Crippen molar-refractivity contribution in [3.8, 4) is 0 Å². The number of rotatable bonds is 3. The van der Waals surface area contributed by atoms with Crippen molar-refractivity contribution in [2.45, 2.75) is 24.2 Å². The van der Waals surface area contributed by atoms with Gasteiger partial charge in [0.25, 0.3) is 0 Å². The molecule has 1 saturated heterocycles. The number of hydrogen-bond donors (Lipinski definition) is 2. The van der Waals surface area contributed by atoms with Gasteiger partial charge in [-0.3, -0.25) is 4.57 Å². The van der Waals surface area contributed by atoms with E-state index in [0.717, 1.165) is 19.4 Å². The molecule has 2 aromatic heterocycles. The lowest BCUT2D eigenvalue weighted by Crippen LogP contribution is -2.07. The minimum atomic E-state index is -0.0553. The average Bonchev–Trinajstić information content (AvgIpc) is 3.20. The van der Waals surface area contributed by atoms with Crippen LogP contribution >= 0.6 is 35.8 Å². The zero-order valence-corrected chi connectivity index (χ0v) is 14.8. The standard InChI is InChI=1S/C15H13Cl2N5OS/c16-8-3-1-4-9(11(8)17)19-13-12-14(21-15(24)20-13)22(7-18-12)10-5-2-6-23-10/h1,3-4,7,10H,2,5-6H2,(H2,19,20,21,24). The van der Waals surface area contributed by atoms with Gasteiger partial charge in [0.2, 0.25) is 0 Å². The Morgan fingerprint density at radius 2 is 2.17 bits per heavy atom. The van der Waals surface area contributed by atoms with Crippen LogP contribution in [0.2, 0.25) is 10.0 Å². The van der Waals surface area contributed by atoms with Crippen LogP contribution in [0.25, 0.3) is 11.2 Å². The first kappa shape index (κ1) is 16.0. The van der Waals surface area contributed by atoms with Crippen LogP contribution in [-0.2, 0) is 4.74 Å². The number of nitrogens with one attached hydrogen (secondary N) is 1. The summed E-state index contributed by atoms with van der Waals surface area (Å²) in [5, 5.41) is 4.39. The largest absolute Gasteiger partial charge is 0.358 e. The van der Waals surface area contributed by atoms with E-state index >= 15 is 0 Å². The molecule has 1 fully saturated rings. The van der Waals surface area contributed by atoms with Gasteiger partial charge in [0.05, 0.1) is 22.1 Å². The van der Waals surface area contributed by atoms with Gasteiger partial charge in [-0.05, 0) is 25.0 Å². The number of anilines is 2. The summed E-state index contributed by atoms with van der Waals surface area (Å²) in [6.07, 6.45) is 3.61. The van der Waals surface area contributed by atoms with E-state index in [2.05, 4.69) is 32.9 Å². The highest BCUT2D eigenvalue weighted by atomic mass is 35.5. The molecule has 0 spiro atoms. The molecular formula is C15H13Cl2N5OS. The molecule has 0 radical (unpaired) electrons. The Morgan fingerprint density at radius 3 is 2.96 bits per heavy atom. The Morgan fingerprint density at radius 1 is 1.29 bits per heavy atom. The molecule has 1 aliphatic heterocycles. The number of imidazole rings is 1. The molecule has 1 atom stereocenters. The van der Waals surface area contributed by atoms with Crippen LogP contribution < -0.4 is 5.32 Å². The van der Waals surface area contributed by atoms with Gasteiger partial charge in [-0.1, -0.05) is 29.3 Å². The van der Waals surface area contributed by atoms with Crippen LogP contribution in [-0.4, -0.2) is 26.1 Å². The van der Waals surface area contributed by atoms with Crippen molar-refractivity contribution in [1.82, 2.24) is 19.5 Å². The molecule has 24 heavy (non-hydrogen) atoms. The molecule has 0 amide bonds. The first-order valence-corrected chi connectivity index (χ1v) is 8.60. The third-order valence-electron chi connectivity index (χ3n) is 3.83. The van der Waals surface area contributed by atoms with E-state index < -0.39 is 0 Å². The SMILES string of the molecule is Sc1nc(Nc2cccc(Cl)c2Cl)c2ncn(C3CCCO3)c2n1. The highest BCUT2D eigenvalue weighted by Gasteiger charge is 2.22. The molecule has 6 nitrogen and oxygen atoms in total. The molecule has 1 unspecified atom stereocenters. The summed E-state index contributed by atoms with van der Waals surface area (Å²) in [6, 6.07) is 5.35. The molecule has 1 aromatic carbocycles. The van der Waals surface area contributed by atoms with E-state index in [-0.39, 0.29) is 6.23 Å². The number of thiol groups is 1. The third kappa shape index (κ3) is 2.82. The predicted molar refractivity (Wildman–Crippen MR) is 96.5 cm³/mol. The van der Waals surface area contributed by atoms with Crippen molar-refractivity contribution in [1.29, 1.82) is 0 Å². The van der Waals surface area contributed by atoms with Crippen LogP contribution in [0.15, 0.2) is 29.7 Å². The summed E-state index contributed by atoms with van der Waals surface area (Å²) in [5.41, 5.74) is 1.94. The highest BCUT2D eigenvalue weighted by molar-refractivity contribution is 7.80. The van der Waals surface area contributed by atoms with Gasteiger partial charge in [0.15, 0.2) is 22.1 Å². The molecule has 3 heterocycles. The number of fused-ring (bicyclic) bond motifs is 1. The number of aromatic nitrogens is 4. The minimum absolute atomic E-state index is 0.0553. The molecule has 9 heteroatoms. The molecule has 0 bridgehead atoms. The van der Waals surface area contributed by atoms with Crippen LogP contribution in [0.5, 0.6) is 0 Å². The van der Waals surface area contributed by atoms with E-state index in [1.54, 1.807) is 12.4 Å². The quantitative estimate of drug-likeness (QED) is 0.517. The van der Waals surface area contributed by atoms with Crippen molar-refractivity contribution in [3.63, 3.8) is 0 Å². The van der Waals surface area contributed by atoms with Gasteiger partial charge < -0.3 is 10.1 Å². The Bertz CT molecular complexity index is 910. The van der Waals surface area contributed by atoms with Gasteiger partial charge in [-0.15, -0.1) is 12.6 Å². The molecule has 0 saturated carbocycles. The Balaban J connectivity index is 1.79. The number of halogens is 2. The van der Waals surface area contributed by atoms with Gasteiger partial charge in [0, 0.05) is 6.61 Å². The summed E-state index contributed by atoms with van der Waals surface area (Å²) in [4.78, 5) is 13.2. The fraction of sp³-hybridized carbons (Fsp3) is 0.267. The van der Waals surface area contributed by atoms with Crippen LogP contribution in [0.3, 0.4) is 0 Å². The van der Waals surface area contributed by atoms with Crippen LogP contribution in [0.4, 0.5) is 11.5 Å². The maximum Gasteiger partial charge on any atom is 0.188 e. The van der Waals surface area contributed by atoms with Gasteiger partial charge in [0.1, 0.15) is 6.23 Å². The Labute approximate surface area is 153 Å². The molecule has 1 N–H and O–H groups in total. The fourth-order valence-corrected chi connectivity index (χ4v) is 3.25. The normalized spacial score (nSPS) is 17.5. The fourth-order valence-electron chi connectivity index (χ4n) is 2.71. The summed E-state index contributed by atoms with van der Waals surface area (Å²) in [5.74, 6) is 0.519. The first-order valence-electron chi connectivity index (χ1n) is 7.39. The number of hydrogen-bond acceptors (Lipinski definition) is 6. The minimum Gasteiger partial charge on any atom is -0.358 e. The molecule has 4 rings (SSSR count). The number of nitrogens with zero attached hydrogens (tertiary/aromatic N) is 4. The van der Waals surface area contributed by atoms with Gasteiger partial charge >= 0.3 is 0 Å². The zero-order chi connectivity index (χ0) is 16.7. The van der Waals surface area contributed by atoms with E-state index in [1.807, 2.05) is 16.7 Å². The molecule has 1 aliphatic rings. The average molecular weight is 382 g/mol. The molecule has 124 valence electrons. The van der Waals surface area contributed by atoms with Crippen molar-refractivity contribution < 1.29 is 4.74 Å². The molecule has 3 aromatic rings. The van der Waals surface area contributed by atoms with Crippen molar-refractivity contribution >= 4 is 58.5 Å². The van der Waals surface area contributed by atoms with Crippen LogP contribution in [0.1, 0.15) is 19.1 Å². The van der Waals surface area contributed by atoms with Gasteiger partial charge in [-0.2, -0.15) is 0 Å². The Kier molecular flexibility index (Phi) is 4.26. The maximum absolute atomic E-state index is 6.24. The second-order valence-corrected chi connectivity index (χ2v) is 6.58. The van der Waals surface area contributed by atoms with Gasteiger partial charge in [-0.25, -0.2) is 15.0 Å². The topological polar surface area (TPSA) is 64.9 Å². The van der Waals surface area contributed by atoms with Crippen LogP contribution in [0, 0.1) is 0 Å². The van der Waals surface area contributed by atoms with Crippen molar-refractivity contribution in [2.24, 2.45) is 0 Å². The van der Waals surface area contributed by atoms with E-state index in [4.69, 9.17) is 27.9 Å². The predicted octanol–water partition coefficient (Wildman–Crippen LogP) is 4.47. The van der Waals surface area contributed by atoms with E-state index in [1.165, 1.54) is 0 Å². The lowest BCUT2D eigenvalue weighted by Gasteiger charge is -2.12. The highest BCUT2D eigenvalue weighted by Crippen LogP contribution is 2.34. The summed E-state index contributed by atoms with van der Waals surface area (Å²) in [7, 11) is 0. The lowest BCUT2D eigenvalue weighted by molar-refractivity contribution is 0.0592. The number of benzene rings is 1. The smallest absolute Gasteiger partial charge is 0.188 e. The van der Waals surface area contributed by atoms with Crippen molar-refractivity contribution in [2.75, 3.05) is 11.9 Å². The Hall–Kier alpha value is -1.54. The second-order valence-electron chi connectivity index (χ2n) is 5.39. The maximum atomic E-state index is 6.24. The molecule has 0 aliphatic carbocycles. The number of ether oxygens (including phenoxy) is 1. The second kappa shape index (κ2) is 6.40. The van der Waals surface area contributed by atoms with Crippen molar-refractivity contribution in [3.05, 3.63) is 34.6 Å². The third-order valence-corrected chi connectivity index (χ3v) is 4.85. The van der Waals surface area contributed by atoms with E-state index in [0.29, 0.717) is 37.9 Å². The first-order chi connectivity index (χ1) is 11.6. The lowest BCUT2D eigenvalue weighted by atomic mass is 10.3. The summed E-state index contributed by atoms with van der Waals surface area (Å²) < 4.78 is 7.63.